The summed E-state index contributed by atoms with van der Waals surface area (Å²) >= 11 is 0. The highest BCUT2D eigenvalue weighted by atomic mass is 16.6. The molecule has 0 heterocycles. The molecule has 1 amide bonds. The third-order valence-corrected chi connectivity index (χ3v) is 5.19. The Hall–Kier alpha value is -1.42. The quantitative estimate of drug-likeness (QED) is 0.617. The Morgan fingerprint density at radius 3 is 2.52 bits per heavy atom. The lowest BCUT2D eigenvalue weighted by Gasteiger charge is -2.47. The minimum Gasteiger partial charge on any atom is -0.350 e. The van der Waals surface area contributed by atoms with E-state index in [-0.39, 0.29) is 11.4 Å². The van der Waals surface area contributed by atoms with Crippen molar-refractivity contribution in [2.24, 2.45) is 5.92 Å². The topological polar surface area (TPSA) is 50.4 Å². The molecule has 2 bridgehead atoms. The molecule has 0 spiro atoms. The van der Waals surface area contributed by atoms with Crippen LogP contribution in [0.5, 0.6) is 0 Å². The van der Waals surface area contributed by atoms with Gasteiger partial charge in [0.05, 0.1) is 11.3 Å². The Morgan fingerprint density at radius 1 is 1.24 bits per heavy atom. The summed E-state index contributed by atoms with van der Waals surface area (Å²) in [4.78, 5) is 12.7. The van der Waals surface area contributed by atoms with Crippen molar-refractivity contribution in [2.75, 3.05) is 5.48 Å². The van der Waals surface area contributed by atoms with Crippen molar-refractivity contribution in [1.82, 2.24) is 5.32 Å². The maximum Gasteiger partial charge on any atom is 0.295 e. The Kier molecular flexibility index (Phi) is 3.98. The summed E-state index contributed by atoms with van der Waals surface area (Å²) < 4.78 is 5.02. The normalized spacial score (nSPS) is 27.3. The molecule has 3 aliphatic rings. The van der Waals surface area contributed by atoms with E-state index in [4.69, 9.17) is 4.76 Å². The van der Waals surface area contributed by atoms with Crippen LogP contribution in [0.25, 0.3) is 0 Å². The largest absolute Gasteiger partial charge is 0.350 e. The molecule has 4 nitrogen and oxygen atoms in total. The van der Waals surface area contributed by atoms with Gasteiger partial charge < -0.3 is 10.1 Å². The van der Waals surface area contributed by atoms with Gasteiger partial charge in [-0.05, 0) is 50.5 Å². The third kappa shape index (κ3) is 2.82. The zero-order chi connectivity index (χ0) is 14.9. The summed E-state index contributed by atoms with van der Waals surface area (Å²) in [5.74, 6) is 0.909. The lowest BCUT2D eigenvalue weighted by Crippen LogP contribution is -2.53. The van der Waals surface area contributed by atoms with Crippen LogP contribution in [0.1, 0.15) is 48.9 Å². The molecule has 6 heteroatoms. The second kappa shape index (κ2) is 5.76. The molecule has 0 saturated heterocycles. The zero-order valence-corrected chi connectivity index (χ0v) is 12.9. The van der Waals surface area contributed by atoms with Crippen LogP contribution in [0.2, 0.25) is 0 Å². The van der Waals surface area contributed by atoms with Gasteiger partial charge in [-0.1, -0.05) is 17.6 Å². The maximum atomic E-state index is 12.7. The first-order valence-corrected chi connectivity index (χ1v) is 7.85. The van der Waals surface area contributed by atoms with Gasteiger partial charge in [0.15, 0.2) is 0 Å². The minimum atomic E-state index is 0.0126. The Labute approximate surface area is 127 Å². The summed E-state index contributed by atoms with van der Waals surface area (Å²) in [7, 11) is 3.54. The van der Waals surface area contributed by atoms with Gasteiger partial charge in [-0.2, -0.15) is 0 Å². The Morgan fingerprint density at radius 2 is 1.90 bits per heavy atom. The molecule has 3 aliphatic carbocycles. The monoisotopic (exact) mass is 284 g/mol. The molecular weight excluding hydrogens is 262 g/mol. The molecule has 1 aromatic rings. The first-order chi connectivity index (χ1) is 10.1. The second-order valence-corrected chi connectivity index (χ2v) is 6.52. The van der Waals surface area contributed by atoms with Gasteiger partial charge in [0, 0.05) is 5.54 Å². The average molecular weight is 284 g/mol. The van der Waals surface area contributed by atoms with Gasteiger partial charge >= 0.3 is 0 Å². The third-order valence-electron chi connectivity index (χ3n) is 5.19. The molecule has 3 fully saturated rings. The molecule has 0 unspecified atom stereocenters. The molecule has 0 aromatic heterocycles. The lowest BCUT2D eigenvalue weighted by molar-refractivity contribution is 0.0714. The van der Waals surface area contributed by atoms with E-state index in [1.165, 1.54) is 19.3 Å². The summed E-state index contributed by atoms with van der Waals surface area (Å²) in [6, 6.07) is 5.75. The van der Waals surface area contributed by atoms with Gasteiger partial charge in [-0.15, -0.1) is 0 Å². The van der Waals surface area contributed by atoms with Crippen LogP contribution in [0.3, 0.4) is 0 Å². The fourth-order valence-electron chi connectivity index (χ4n) is 3.84. The van der Waals surface area contributed by atoms with E-state index >= 15 is 0 Å². The van der Waals surface area contributed by atoms with Gasteiger partial charge in [0.2, 0.25) is 0 Å². The first kappa shape index (κ1) is 14.5. The minimum absolute atomic E-state index is 0.0126. The molecule has 2 N–H and O–H groups in total. The fraction of sp³-hybridized carbons (Fsp3) is 0.533. The Bertz CT molecular complexity index is 529. The number of carbonyl (C=O) groups is 1. The zero-order valence-electron chi connectivity index (χ0n) is 12.9. The molecule has 0 atom stereocenters. The highest BCUT2D eigenvalue weighted by molar-refractivity contribution is 6.37. The van der Waals surface area contributed by atoms with Crippen molar-refractivity contribution in [1.29, 1.82) is 0 Å². The first-order valence-electron chi connectivity index (χ1n) is 7.85. The number of carbonyl (C=O) groups excluding carboxylic acids is 1. The van der Waals surface area contributed by atoms with Crippen molar-refractivity contribution in [3.8, 4) is 0 Å². The van der Waals surface area contributed by atoms with Crippen molar-refractivity contribution in [3.05, 3.63) is 23.8 Å². The van der Waals surface area contributed by atoms with Gasteiger partial charge in [0.25, 0.3) is 14.0 Å². The van der Waals surface area contributed by atoms with Crippen molar-refractivity contribution >= 4 is 33.0 Å². The highest BCUT2D eigenvalue weighted by Gasteiger charge is 2.41. The number of benzene rings is 1. The summed E-state index contributed by atoms with van der Waals surface area (Å²) in [6.07, 6.45) is 7.17. The van der Waals surface area contributed by atoms with Crippen molar-refractivity contribution in [3.63, 3.8) is 0 Å². The highest BCUT2D eigenvalue weighted by Crippen LogP contribution is 2.44. The van der Waals surface area contributed by atoms with Crippen LogP contribution in [-0.4, -0.2) is 27.3 Å². The van der Waals surface area contributed by atoms with E-state index in [2.05, 4.69) is 10.8 Å². The van der Waals surface area contributed by atoms with Crippen molar-refractivity contribution in [2.45, 2.75) is 44.1 Å². The maximum absolute atomic E-state index is 12.7. The van der Waals surface area contributed by atoms with Crippen LogP contribution >= 0.6 is 0 Å². The number of amides is 1. The lowest BCUT2D eigenvalue weighted by atomic mass is 9.66. The summed E-state index contributed by atoms with van der Waals surface area (Å²) in [5.41, 5.74) is 5.31. The average Bonchev–Trinajstić information content (AvgIpc) is 2.51. The van der Waals surface area contributed by atoms with E-state index in [1.54, 1.807) is 8.05 Å². The molecule has 3 saturated carbocycles. The number of rotatable bonds is 4. The number of anilines is 1. The smallest absolute Gasteiger partial charge is 0.295 e. The van der Waals surface area contributed by atoms with Crippen LogP contribution < -0.4 is 16.3 Å². The van der Waals surface area contributed by atoms with Crippen LogP contribution in [0, 0.1) is 5.92 Å². The number of nitrogens with one attached hydrogen (secondary N) is 2. The molecular formula is C15H22B2N2O2. The molecule has 0 aliphatic heterocycles. The molecule has 1 aromatic carbocycles. The Balaban J connectivity index is 1.81. The number of hydrogen-bond donors (Lipinski definition) is 2. The van der Waals surface area contributed by atoms with Gasteiger partial charge in [-0.3, -0.25) is 10.3 Å². The van der Waals surface area contributed by atoms with Crippen LogP contribution in [-0.2, 0) is 4.76 Å². The molecule has 110 valence electrons. The van der Waals surface area contributed by atoms with Crippen LogP contribution in [0.15, 0.2) is 18.2 Å². The standard InChI is InChI=1S/C15H22B2N2O2/c16-12-3-1-2-11(13(12)19-21-17)14(20)18-15-7-4-10(5-8-15)6-9-15/h1-3,10,19H,4-9,16-17H2,(H,18,20). The van der Waals surface area contributed by atoms with Gasteiger partial charge in [-0.25, -0.2) is 0 Å². The molecule has 4 rings (SSSR count). The van der Waals surface area contributed by atoms with E-state index in [9.17, 15) is 4.79 Å². The van der Waals surface area contributed by atoms with E-state index < -0.39 is 0 Å². The second-order valence-electron chi connectivity index (χ2n) is 6.52. The fourth-order valence-corrected chi connectivity index (χ4v) is 3.84. The number of para-hydroxylation sites is 1. The summed E-state index contributed by atoms with van der Waals surface area (Å²) in [5, 5.41) is 3.33. The van der Waals surface area contributed by atoms with E-state index in [1.807, 2.05) is 26.0 Å². The van der Waals surface area contributed by atoms with E-state index in [0.29, 0.717) is 5.56 Å². The summed E-state index contributed by atoms with van der Waals surface area (Å²) in [6.45, 7) is 0. The number of hydrogen-bond acceptors (Lipinski definition) is 3. The number of fused-ring (bicyclic) bond motifs is 3. The van der Waals surface area contributed by atoms with Crippen molar-refractivity contribution < 1.29 is 9.55 Å². The van der Waals surface area contributed by atoms with Gasteiger partial charge in [0.1, 0.15) is 7.85 Å². The predicted molar refractivity (Wildman–Crippen MR) is 89.3 cm³/mol. The van der Waals surface area contributed by atoms with E-state index in [0.717, 1.165) is 36.3 Å². The molecule has 21 heavy (non-hydrogen) atoms. The van der Waals surface area contributed by atoms with Crippen LogP contribution in [0.4, 0.5) is 5.69 Å². The SMILES string of the molecule is BONc1c(B)cccc1C(=O)NC12CCC(CC1)CC2. The molecule has 0 radical (unpaired) electrons. The predicted octanol–water partition coefficient (Wildman–Crippen LogP) is 0.289.